The van der Waals surface area contributed by atoms with Crippen molar-refractivity contribution in [2.75, 3.05) is 6.61 Å². The molecule has 1 spiro atoms. The van der Waals surface area contributed by atoms with E-state index in [0.717, 1.165) is 5.56 Å². The summed E-state index contributed by atoms with van der Waals surface area (Å²) in [4.78, 5) is 0. The molecule has 1 N–H and O–H groups in total. The van der Waals surface area contributed by atoms with Gasteiger partial charge in [0.1, 0.15) is 36.1 Å². The largest absolute Gasteiger partial charge is 0.387 e. The molecule has 4 aliphatic heterocycles. The highest BCUT2D eigenvalue weighted by molar-refractivity contribution is 5.21. The number of aliphatic hydroxyl groups is 1. The lowest BCUT2D eigenvalue weighted by Crippen LogP contribution is -2.77. The molecule has 6 nitrogen and oxygen atoms in total. The Hall–Kier alpha value is -1.02. The van der Waals surface area contributed by atoms with Gasteiger partial charge in [-0.25, -0.2) is 0 Å². The second kappa shape index (κ2) is 4.25. The normalized spacial score (nSPS) is 49.8. The lowest BCUT2D eigenvalue weighted by molar-refractivity contribution is -0.481. The summed E-state index contributed by atoms with van der Waals surface area (Å²) in [5.41, 5.74) is 0.514. The van der Waals surface area contributed by atoms with Crippen molar-refractivity contribution in [2.45, 2.75) is 49.2 Å². The van der Waals surface area contributed by atoms with Crippen molar-refractivity contribution in [1.82, 2.24) is 0 Å². The predicted octanol–water partition coefficient (Wildman–Crippen LogP) is 0.182. The summed E-state index contributed by atoms with van der Waals surface area (Å²) in [6, 6.07) is 9.90. The first-order valence-electron chi connectivity index (χ1n) is 7.22. The molecule has 4 heterocycles. The van der Waals surface area contributed by atoms with E-state index in [-0.39, 0.29) is 18.3 Å². The number of hydrogen-bond donors (Lipinski definition) is 1. The molecule has 7 unspecified atom stereocenters. The van der Waals surface area contributed by atoms with E-state index in [1.807, 2.05) is 30.3 Å². The third-order valence-electron chi connectivity index (χ3n) is 4.78. The van der Waals surface area contributed by atoms with Gasteiger partial charge in [-0.1, -0.05) is 30.3 Å². The van der Waals surface area contributed by atoms with E-state index in [0.29, 0.717) is 13.2 Å². The highest BCUT2D eigenvalue weighted by Crippen LogP contribution is 2.53. The van der Waals surface area contributed by atoms with Crippen molar-refractivity contribution in [3.8, 4) is 0 Å². The Morgan fingerprint density at radius 3 is 2.67 bits per heavy atom. The molecular formula is C15H16O6. The Bertz CT molecular complexity index is 544. The third kappa shape index (κ3) is 1.69. The van der Waals surface area contributed by atoms with Gasteiger partial charge in [0.2, 0.25) is 0 Å². The molecular weight excluding hydrogens is 276 g/mol. The van der Waals surface area contributed by atoms with E-state index >= 15 is 0 Å². The molecule has 0 radical (unpaired) electrons. The Morgan fingerprint density at radius 1 is 1.14 bits per heavy atom. The number of ether oxygens (including phenoxy) is 5. The summed E-state index contributed by atoms with van der Waals surface area (Å²) in [7, 11) is 0. The van der Waals surface area contributed by atoms with Crippen molar-refractivity contribution in [3.05, 3.63) is 35.9 Å². The summed E-state index contributed by atoms with van der Waals surface area (Å²) in [5, 5.41) is 10.4. The molecule has 7 atom stereocenters. The van der Waals surface area contributed by atoms with Crippen LogP contribution in [0, 0.1) is 0 Å². The van der Waals surface area contributed by atoms with E-state index in [1.54, 1.807) is 0 Å². The van der Waals surface area contributed by atoms with Crippen molar-refractivity contribution < 1.29 is 28.8 Å². The van der Waals surface area contributed by atoms with Gasteiger partial charge >= 0.3 is 0 Å². The summed E-state index contributed by atoms with van der Waals surface area (Å²) < 4.78 is 28.5. The first-order valence-corrected chi connectivity index (χ1v) is 7.22. The number of epoxide rings is 1. The maximum Gasteiger partial charge on any atom is 0.273 e. The molecule has 0 aromatic heterocycles. The van der Waals surface area contributed by atoms with Crippen LogP contribution in [0.2, 0.25) is 0 Å². The van der Waals surface area contributed by atoms with Crippen LogP contribution in [0.5, 0.6) is 0 Å². The van der Waals surface area contributed by atoms with Crippen LogP contribution in [0.1, 0.15) is 5.56 Å². The molecule has 1 aromatic rings. The Labute approximate surface area is 121 Å². The van der Waals surface area contributed by atoms with Crippen molar-refractivity contribution in [2.24, 2.45) is 0 Å². The van der Waals surface area contributed by atoms with Crippen LogP contribution in [0.15, 0.2) is 30.3 Å². The smallest absolute Gasteiger partial charge is 0.273 e. The van der Waals surface area contributed by atoms with Crippen molar-refractivity contribution in [1.29, 1.82) is 0 Å². The zero-order valence-corrected chi connectivity index (χ0v) is 11.3. The minimum atomic E-state index is -0.746. The van der Waals surface area contributed by atoms with Crippen LogP contribution in [0.3, 0.4) is 0 Å². The van der Waals surface area contributed by atoms with E-state index in [9.17, 15) is 5.11 Å². The quantitative estimate of drug-likeness (QED) is 0.802. The molecule has 0 amide bonds. The minimum absolute atomic E-state index is 0.243. The lowest BCUT2D eigenvalue weighted by atomic mass is 9.76. The molecule has 1 saturated carbocycles. The van der Waals surface area contributed by atoms with Crippen molar-refractivity contribution >= 4 is 0 Å². The Morgan fingerprint density at radius 2 is 1.90 bits per heavy atom. The average Bonchev–Trinajstić information content (AvgIpc) is 3.30. The van der Waals surface area contributed by atoms with Gasteiger partial charge in [0.25, 0.3) is 6.48 Å². The van der Waals surface area contributed by atoms with Crippen LogP contribution < -0.4 is 0 Å². The molecule has 5 fully saturated rings. The predicted molar refractivity (Wildman–Crippen MR) is 68.1 cm³/mol. The average molecular weight is 292 g/mol. The first kappa shape index (κ1) is 12.5. The standard InChI is InChI=1S/C15H16O6/c16-9-10-11(17-6-8-4-2-1-3-5-8)13-15(7-18-15)12(9)20-14(19-10)21-13/h1-5,9-14,16H,6-7H2. The van der Waals surface area contributed by atoms with Gasteiger partial charge in [0.15, 0.2) is 0 Å². The molecule has 4 saturated heterocycles. The highest BCUT2D eigenvalue weighted by Gasteiger charge is 2.75. The maximum absolute atomic E-state index is 10.4. The number of rotatable bonds is 3. The third-order valence-corrected chi connectivity index (χ3v) is 4.78. The fourth-order valence-electron chi connectivity index (χ4n) is 3.64. The molecule has 21 heavy (non-hydrogen) atoms. The van der Waals surface area contributed by atoms with E-state index in [2.05, 4.69) is 0 Å². The van der Waals surface area contributed by atoms with Crippen LogP contribution in [-0.2, 0) is 30.3 Å². The van der Waals surface area contributed by atoms with E-state index < -0.39 is 24.3 Å². The fourth-order valence-corrected chi connectivity index (χ4v) is 3.64. The van der Waals surface area contributed by atoms with E-state index in [4.69, 9.17) is 23.7 Å². The maximum atomic E-state index is 10.4. The zero-order valence-electron chi connectivity index (χ0n) is 11.3. The van der Waals surface area contributed by atoms with Gasteiger partial charge in [-0.2, -0.15) is 0 Å². The lowest BCUT2D eigenvalue weighted by Gasteiger charge is -2.57. The van der Waals surface area contributed by atoms with Crippen molar-refractivity contribution in [3.63, 3.8) is 0 Å². The fraction of sp³-hybridized carbons (Fsp3) is 0.600. The highest BCUT2D eigenvalue weighted by atomic mass is 16.9. The molecule has 6 heteroatoms. The number of benzene rings is 1. The second-order valence-corrected chi connectivity index (χ2v) is 6.00. The molecule has 5 aliphatic rings. The van der Waals surface area contributed by atoms with Gasteiger partial charge in [0.05, 0.1) is 13.2 Å². The van der Waals surface area contributed by atoms with E-state index in [1.165, 1.54) is 0 Å². The topological polar surface area (TPSA) is 69.7 Å². The molecule has 6 rings (SSSR count). The molecule has 1 aromatic carbocycles. The van der Waals surface area contributed by atoms with Gasteiger partial charge < -0.3 is 28.8 Å². The first-order chi connectivity index (χ1) is 10.3. The van der Waals surface area contributed by atoms with Gasteiger partial charge in [-0.15, -0.1) is 0 Å². The van der Waals surface area contributed by atoms with Crippen LogP contribution in [-0.4, -0.2) is 54.3 Å². The minimum Gasteiger partial charge on any atom is -0.387 e. The van der Waals surface area contributed by atoms with Crippen LogP contribution in [0.4, 0.5) is 0 Å². The zero-order chi connectivity index (χ0) is 14.0. The summed E-state index contributed by atoms with van der Waals surface area (Å²) in [6.45, 7) is 0.272. The Kier molecular flexibility index (Phi) is 2.54. The molecule has 1 aliphatic carbocycles. The van der Waals surface area contributed by atoms with Gasteiger partial charge in [-0.3, -0.25) is 0 Å². The molecule has 112 valence electrons. The monoisotopic (exact) mass is 292 g/mol. The second-order valence-electron chi connectivity index (χ2n) is 6.00. The number of hydrogen-bond acceptors (Lipinski definition) is 6. The summed E-state index contributed by atoms with van der Waals surface area (Å²) in [5.74, 6) is 0. The summed E-state index contributed by atoms with van der Waals surface area (Å²) >= 11 is 0. The van der Waals surface area contributed by atoms with Gasteiger partial charge in [-0.05, 0) is 5.56 Å². The SMILES string of the molecule is OC1C2OC3OC1C1(CO1)C(O3)C2OCc1ccccc1. The number of aliphatic hydroxyl groups excluding tert-OH is 1. The Balaban J connectivity index is 1.39. The summed E-state index contributed by atoms with van der Waals surface area (Å²) in [6.07, 6.45) is -2.14. The van der Waals surface area contributed by atoms with Crippen LogP contribution >= 0.6 is 0 Å². The molecule has 4 bridgehead atoms. The van der Waals surface area contributed by atoms with Crippen LogP contribution in [0.25, 0.3) is 0 Å². The van der Waals surface area contributed by atoms with Gasteiger partial charge in [0, 0.05) is 0 Å².